The summed E-state index contributed by atoms with van der Waals surface area (Å²) in [6.07, 6.45) is 3.60. The molecule has 0 saturated heterocycles. The van der Waals surface area contributed by atoms with Crippen LogP contribution in [0.15, 0.2) is 24.4 Å². The van der Waals surface area contributed by atoms with Gasteiger partial charge in [0.15, 0.2) is 0 Å². The number of rotatable bonds is 1. The van der Waals surface area contributed by atoms with Crippen molar-refractivity contribution in [2.75, 3.05) is 0 Å². The lowest BCUT2D eigenvalue weighted by Gasteiger charge is -1.95. The lowest BCUT2D eigenvalue weighted by molar-refractivity contribution is -0.130. The topological polar surface area (TPSA) is 42.2 Å². The Kier molecular flexibility index (Phi) is 1.12. The number of carbonyl (C=O) groups is 1. The van der Waals surface area contributed by atoms with Crippen LogP contribution in [0.5, 0.6) is 0 Å². The van der Waals surface area contributed by atoms with Crippen molar-refractivity contribution >= 4 is 11.5 Å². The molecule has 1 aromatic heterocycles. The molecule has 1 aliphatic heterocycles. The highest BCUT2D eigenvalue weighted by atomic mass is 16.4. The van der Waals surface area contributed by atoms with Gasteiger partial charge in [-0.3, -0.25) is 0 Å². The Morgan fingerprint density at radius 2 is 2.45 bits per heavy atom. The third-order valence-electron chi connectivity index (χ3n) is 1.83. The molecule has 3 nitrogen and oxygen atoms in total. The molecule has 0 amide bonds. The van der Waals surface area contributed by atoms with Crippen molar-refractivity contribution in [3.63, 3.8) is 0 Å². The third kappa shape index (κ3) is 0.774. The van der Waals surface area contributed by atoms with E-state index in [1.807, 2.05) is 22.9 Å². The van der Waals surface area contributed by atoms with Crippen molar-refractivity contribution < 1.29 is 9.90 Å². The number of hydrogen-bond donors (Lipinski definition) is 1. The SMILES string of the molecule is O=C(O)C1=CCn2cccc21. The average molecular weight is 149 g/mol. The molecule has 11 heavy (non-hydrogen) atoms. The molecule has 1 N–H and O–H groups in total. The molecule has 0 aromatic carbocycles. The van der Waals surface area contributed by atoms with E-state index in [4.69, 9.17) is 5.11 Å². The van der Waals surface area contributed by atoms with Gasteiger partial charge in [0.1, 0.15) is 0 Å². The maximum Gasteiger partial charge on any atom is 0.337 e. The van der Waals surface area contributed by atoms with Crippen molar-refractivity contribution in [2.45, 2.75) is 6.54 Å². The summed E-state index contributed by atoms with van der Waals surface area (Å²) in [4.78, 5) is 10.6. The highest BCUT2D eigenvalue weighted by Gasteiger charge is 2.17. The molecule has 1 aromatic rings. The van der Waals surface area contributed by atoms with Crippen LogP contribution in [0.3, 0.4) is 0 Å². The van der Waals surface area contributed by atoms with Gasteiger partial charge >= 0.3 is 5.97 Å². The first kappa shape index (κ1) is 6.22. The molecule has 0 spiro atoms. The predicted octanol–water partition coefficient (Wildman–Crippen LogP) is 0.970. The lowest BCUT2D eigenvalue weighted by Crippen LogP contribution is -1.98. The lowest BCUT2D eigenvalue weighted by atomic mass is 10.2. The summed E-state index contributed by atoms with van der Waals surface area (Å²) in [5, 5.41) is 8.70. The Balaban J connectivity index is 2.50. The monoisotopic (exact) mass is 149 g/mol. The van der Waals surface area contributed by atoms with Crippen LogP contribution < -0.4 is 0 Å². The summed E-state index contributed by atoms with van der Waals surface area (Å²) in [5.74, 6) is -0.845. The zero-order chi connectivity index (χ0) is 7.84. The summed E-state index contributed by atoms with van der Waals surface area (Å²) in [6.45, 7) is 0.684. The Bertz CT molecular complexity index is 336. The largest absolute Gasteiger partial charge is 0.478 e. The second-order valence-electron chi connectivity index (χ2n) is 2.47. The summed E-state index contributed by atoms with van der Waals surface area (Å²) in [7, 11) is 0. The molecule has 1 aliphatic rings. The van der Waals surface area contributed by atoms with Crippen molar-refractivity contribution in [1.82, 2.24) is 4.57 Å². The fourth-order valence-corrected chi connectivity index (χ4v) is 1.31. The average Bonchev–Trinajstić information content (AvgIpc) is 2.41. The van der Waals surface area contributed by atoms with E-state index >= 15 is 0 Å². The number of nitrogens with zero attached hydrogens (tertiary/aromatic N) is 1. The van der Waals surface area contributed by atoms with Crippen LogP contribution in [-0.2, 0) is 11.3 Å². The molecule has 0 aliphatic carbocycles. The van der Waals surface area contributed by atoms with Gasteiger partial charge in [0, 0.05) is 12.7 Å². The summed E-state index contributed by atoms with van der Waals surface area (Å²) < 4.78 is 1.91. The second-order valence-corrected chi connectivity index (χ2v) is 2.47. The van der Waals surface area contributed by atoms with Crippen LogP contribution in [0.25, 0.3) is 5.57 Å². The number of aliphatic carboxylic acids is 1. The Hall–Kier alpha value is -1.51. The molecular formula is C8H7NO2. The van der Waals surface area contributed by atoms with Crippen molar-refractivity contribution in [2.24, 2.45) is 0 Å². The molecule has 0 radical (unpaired) electrons. The van der Waals surface area contributed by atoms with Crippen LogP contribution >= 0.6 is 0 Å². The van der Waals surface area contributed by atoms with Crippen molar-refractivity contribution in [1.29, 1.82) is 0 Å². The van der Waals surface area contributed by atoms with Gasteiger partial charge in [0.2, 0.25) is 0 Å². The summed E-state index contributed by atoms with van der Waals surface area (Å²) in [5.41, 5.74) is 1.22. The number of carboxylic acids is 1. The minimum absolute atomic E-state index is 0.412. The maximum absolute atomic E-state index is 10.6. The maximum atomic E-state index is 10.6. The fraction of sp³-hybridized carbons (Fsp3) is 0.125. The van der Waals surface area contributed by atoms with Gasteiger partial charge in [-0.2, -0.15) is 0 Å². The molecule has 0 atom stereocenters. The quantitative estimate of drug-likeness (QED) is 0.646. The van der Waals surface area contributed by atoms with Gasteiger partial charge in [-0.15, -0.1) is 0 Å². The molecular weight excluding hydrogens is 142 g/mol. The molecule has 2 heterocycles. The number of aromatic nitrogens is 1. The molecule has 0 bridgehead atoms. The van der Waals surface area contributed by atoms with Gasteiger partial charge in [-0.05, 0) is 18.2 Å². The molecule has 0 fully saturated rings. The van der Waals surface area contributed by atoms with E-state index < -0.39 is 5.97 Å². The molecule has 0 saturated carbocycles. The number of hydrogen-bond acceptors (Lipinski definition) is 1. The van der Waals surface area contributed by atoms with Crippen LogP contribution in [0.4, 0.5) is 0 Å². The van der Waals surface area contributed by atoms with Crippen LogP contribution in [0.1, 0.15) is 5.69 Å². The zero-order valence-corrected chi connectivity index (χ0v) is 5.82. The van der Waals surface area contributed by atoms with E-state index in [0.717, 1.165) is 5.69 Å². The molecule has 56 valence electrons. The highest BCUT2D eigenvalue weighted by molar-refractivity contribution is 6.15. The summed E-state index contributed by atoms with van der Waals surface area (Å²) in [6, 6.07) is 3.66. The summed E-state index contributed by atoms with van der Waals surface area (Å²) >= 11 is 0. The van der Waals surface area contributed by atoms with Gasteiger partial charge in [0.25, 0.3) is 0 Å². The Morgan fingerprint density at radius 1 is 1.64 bits per heavy atom. The van der Waals surface area contributed by atoms with E-state index in [0.29, 0.717) is 12.1 Å². The van der Waals surface area contributed by atoms with E-state index in [2.05, 4.69) is 0 Å². The predicted molar refractivity (Wildman–Crippen MR) is 40.0 cm³/mol. The standard InChI is InChI=1S/C8H7NO2/c10-8(11)6-3-5-9-4-1-2-7(6)9/h1-4H,5H2,(H,10,11). The molecule has 3 heteroatoms. The fourth-order valence-electron chi connectivity index (χ4n) is 1.31. The van der Waals surface area contributed by atoms with Crippen LogP contribution in [-0.4, -0.2) is 15.6 Å². The minimum Gasteiger partial charge on any atom is -0.478 e. The number of allylic oxidation sites excluding steroid dienone is 1. The van der Waals surface area contributed by atoms with Gasteiger partial charge < -0.3 is 9.67 Å². The first-order valence-corrected chi connectivity index (χ1v) is 3.38. The van der Waals surface area contributed by atoms with Gasteiger partial charge in [-0.1, -0.05) is 0 Å². The van der Waals surface area contributed by atoms with Crippen molar-refractivity contribution in [3.8, 4) is 0 Å². The van der Waals surface area contributed by atoms with E-state index in [1.54, 1.807) is 6.08 Å². The van der Waals surface area contributed by atoms with Crippen LogP contribution in [0, 0.1) is 0 Å². The number of carboxylic acid groups (broad SMARTS) is 1. The van der Waals surface area contributed by atoms with E-state index in [-0.39, 0.29) is 0 Å². The number of fused-ring (bicyclic) bond motifs is 1. The molecule has 0 unspecified atom stereocenters. The van der Waals surface area contributed by atoms with Gasteiger partial charge in [-0.25, -0.2) is 4.79 Å². The third-order valence-corrected chi connectivity index (χ3v) is 1.83. The second kappa shape index (κ2) is 1.99. The smallest absolute Gasteiger partial charge is 0.337 e. The Labute approximate surface area is 63.6 Å². The highest BCUT2D eigenvalue weighted by Crippen LogP contribution is 2.21. The van der Waals surface area contributed by atoms with E-state index in [9.17, 15) is 4.79 Å². The Morgan fingerprint density at radius 3 is 3.18 bits per heavy atom. The minimum atomic E-state index is -0.845. The first-order valence-electron chi connectivity index (χ1n) is 3.38. The van der Waals surface area contributed by atoms with Crippen molar-refractivity contribution in [3.05, 3.63) is 30.1 Å². The van der Waals surface area contributed by atoms with Crippen LogP contribution in [0.2, 0.25) is 0 Å². The zero-order valence-electron chi connectivity index (χ0n) is 5.82. The normalized spacial score (nSPS) is 14.4. The molecule has 2 rings (SSSR count). The van der Waals surface area contributed by atoms with Gasteiger partial charge in [0.05, 0.1) is 11.3 Å². The van der Waals surface area contributed by atoms with E-state index in [1.165, 1.54) is 0 Å². The first-order chi connectivity index (χ1) is 5.29.